The highest BCUT2D eigenvalue weighted by atomic mass is 35.5. The number of hydrogen-bond donors (Lipinski definition) is 1. The van der Waals surface area contributed by atoms with Crippen molar-refractivity contribution in [3.05, 3.63) is 69.7 Å². The molecule has 1 saturated heterocycles. The molecular weight excluding hydrogens is 421 g/mol. The predicted octanol–water partition coefficient (Wildman–Crippen LogP) is 3.06. The Morgan fingerprint density at radius 1 is 1.00 bits per heavy atom. The minimum Gasteiger partial charge on any atom is -0.351 e. The summed E-state index contributed by atoms with van der Waals surface area (Å²) in [5.41, 5.74) is 1.63. The predicted molar refractivity (Wildman–Crippen MR) is 110 cm³/mol. The third-order valence-electron chi connectivity index (χ3n) is 4.50. The summed E-state index contributed by atoms with van der Waals surface area (Å²) < 4.78 is 28.4. The maximum absolute atomic E-state index is 12.9. The summed E-state index contributed by atoms with van der Waals surface area (Å²) in [6.45, 7) is 0.999. The zero-order valence-corrected chi connectivity index (χ0v) is 17.5. The van der Waals surface area contributed by atoms with E-state index in [0.29, 0.717) is 36.1 Å². The number of carbonyl (C=O) groups is 1. The number of benzene rings is 2. The van der Waals surface area contributed by atoms with Crippen molar-refractivity contribution in [1.29, 1.82) is 0 Å². The average Bonchev–Trinajstić information content (AvgIpc) is 2.66. The van der Waals surface area contributed by atoms with Crippen LogP contribution < -0.4 is 5.32 Å². The molecule has 1 amide bonds. The quantitative estimate of drug-likeness (QED) is 0.748. The van der Waals surface area contributed by atoms with Gasteiger partial charge in [-0.05, 0) is 35.7 Å². The molecule has 0 aromatic heterocycles. The number of rotatable bonds is 6. The fourth-order valence-corrected chi connectivity index (χ4v) is 4.92. The van der Waals surface area contributed by atoms with E-state index in [9.17, 15) is 13.2 Å². The summed E-state index contributed by atoms with van der Waals surface area (Å²) in [6, 6.07) is 14.3. The molecule has 0 saturated carbocycles. The highest BCUT2D eigenvalue weighted by Crippen LogP contribution is 2.23. The van der Waals surface area contributed by atoms with Crippen LogP contribution in [0.1, 0.15) is 17.5 Å². The number of halogens is 2. The molecule has 0 atom stereocenters. The van der Waals surface area contributed by atoms with E-state index in [1.165, 1.54) is 8.61 Å². The number of nitrogens with zero attached hydrogens (tertiary/aromatic N) is 2. The lowest BCUT2D eigenvalue weighted by Crippen LogP contribution is -2.52. The van der Waals surface area contributed by atoms with Crippen LogP contribution in [-0.4, -0.2) is 42.6 Å². The minimum absolute atomic E-state index is 0.185. The van der Waals surface area contributed by atoms with Crippen molar-refractivity contribution >= 4 is 39.3 Å². The van der Waals surface area contributed by atoms with Crippen molar-refractivity contribution in [2.75, 3.05) is 19.6 Å². The van der Waals surface area contributed by atoms with Crippen LogP contribution in [0.4, 0.5) is 0 Å². The molecule has 28 heavy (non-hydrogen) atoms. The Bertz CT molecular complexity index is 936. The van der Waals surface area contributed by atoms with Crippen molar-refractivity contribution < 1.29 is 13.2 Å². The van der Waals surface area contributed by atoms with E-state index in [1.807, 2.05) is 18.2 Å². The SMILES string of the molecule is O=C(CN1CCCN(Cc2ccccc2Cl)S1(=O)=O)NCc1ccc(Cl)cc1. The molecular formula is C19H21Cl2N3O3S. The second-order valence-corrected chi connectivity index (χ2v) is 9.30. The van der Waals surface area contributed by atoms with E-state index >= 15 is 0 Å². The highest BCUT2D eigenvalue weighted by molar-refractivity contribution is 7.86. The van der Waals surface area contributed by atoms with Crippen molar-refractivity contribution in [3.63, 3.8) is 0 Å². The molecule has 0 aliphatic carbocycles. The van der Waals surface area contributed by atoms with Crippen molar-refractivity contribution in [3.8, 4) is 0 Å². The van der Waals surface area contributed by atoms with Crippen LogP contribution >= 0.6 is 23.2 Å². The second-order valence-electron chi connectivity index (χ2n) is 6.52. The molecule has 6 nitrogen and oxygen atoms in total. The van der Waals surface area contributed by atoms with Crippen LogP contribution in [0.5, 0.6) is 0 Å². The fourth-order valence-electron chi connectivity index (χ4n) is 2.97. The lowest BCUT2D eigenvalue weighted by atomic mass is 10.2. The third kappa shape index (κ3) is 5.24. The van der Waals surface area contributed by atoms with Crippen LogP contribution in [0.2, 0.25) is 10.0 Å². The molecule has 1 aliphatic rings. The van der Waals surface area contributed by atoms with Gasteiger partial charge in [0.15, 0.2) is 0 Å². The Labute approximate surface area is 175 Å². The van der Waals surface area contributed by atoms with Crippen LogP contribution in [0.25, 0.3) is 0 Å². The van der Waals surface area contributed by atoms with Gasteiger partial charge >= 0.3 is 0 Å². The molecule has 0 spiro atoms. The molecule has 1 aliphatic heterocycles. The summed E-state index contributed by atoms with van der Waals surface area (Å²) in [4.78, 5) is 12.3. The molecule has 9 heteroatoms. The van der Waals surface area contributed by atoms with Crippen LogP contribution in [0.3, 0.4) is 0 Å². The van der Waals surface area contributed by atoms with Crippen molar-refractivity contribution in [1.82, 2.24) is 13.9 Å². The van der Waals surface area contributed by atoms with Gasteiger partial charge in [0.05, 0.1) is 6.54 Å². The van der Waals surface area contributed by atoms with E-state index in [-0.39, 0.29) is 19.0 Å². The van der Waals surface area contributed by atoms with Gasteiger partial charge in [0.1, 0.15) is 0 Å². The highest BCUT2D eigenvalue weighted by Gasteiger charge is 2.34. The summed E-state index contributed by atoms with van der Waals surface area (Å²) in [7, 11) is -3.73. The smallest absolute Gasteiger partial charge is 0.282 e. The Hall–Kier alpha value is -1.64. The monoisotopic (exact) mass is 441 g/mol. The molecule has 0 unspecified atom stereocenters. The first-order chi connectivity index (χ1) is 13.4. The summed E-state index contributed by atoms with van der Waals surface area (Å²) in [5, 5.41) is 3.89. The van der Waals surface area contributed by atoms with E-state index in [2.05, 4.69) is 5.32 Å². The summed E-state index contributed by atoms with van der Waals surface area (Å²) >= 11 is 12.0. The van der Waals surface area contributed by atoms with Gasteiger partial charge in [-0.1, -0.05) is 53.5 Å². The van der Waals surface area contributed by atoms with E-state index in [0.717, 1.165) is 11.1 Å². The molecule has 2 aromatic carbocycles. The molecule has 1 fully saturated rings. The molecule has 1 N–H and O–H groups in total. The standard InChI is InChI=1S/C19H21Cl2N3O3S/c20-17-8-6-15(7-9-17)12-22-19(25)14-24-11-3-10-23(28(24,26)27)13-16-4-1-2-5-18(16)21/h1-2,4-9H,3,10-14H2,(H,22,25). The maximum Gasteiger partial charge on any atom is 0.282 e. The Kier molecular flexibility index (Phi) is 6.95. The van der Waals surface area contributed by atoms with Gasteiger partial charge in [0.25, 0.3) is 10.2 Å². The Balaban J connectivity index is 1.60. The normalized spacial score (nSPS) is 17.4. The van der Waals surface area contributed by atoms with Gasteiger partial charge < -0.3 is 5.32 Å². The summed E-state index contributed by atoms with van der Waals surface area (Å²) in [5.74, 6) is -0.349. The molecule has 150 valence electrons. The van der Waals surface area contributed by atoms with Gasteiger partial charge in [0, 0.05) is 36.2 Å². The van der Waals surface area contributed by atoms with E-state index in [4.69, 9.17) is 23.2 Å². The molecule has 1 heterocycles. The number of carbonyl (C=O) groups excluding carboxylic acids is 1. The fraction of sp³-hybridized carbons (Fsp3) is 0.316. The number of amides is 1. The lowest BCUT2D eigenvalue weighted by Gasteiger charge is -2.34. The molecule has 2 aromatic rings. The van der Waals surface area contributed by atoms with Crippen molar-refractivity contribution in [2.45, 2.75) is 19.5 Å². The van der Waals surface area contributed by atoms with Gasteiger partial charge in [0.2, 0.25) is 5.91 Å². The first-order valence-electron chi connectivity index (χ1n) is 8.86. The topological polar surface area (TPSA) is 69.7 Å². The Morgan fingerprint density at radius 2 is 1.68 bits per heavy atom. The summed E-state index contributed by atoms with van der Waals surface area (Å²) in [6.07, 6.45) is 0.647. The first kappa shape index (κ1) is 21.1. The third-order valence-corrected chi connectivity index (χ3v) is 7.04. The minimum atomic E-state index is -3.73. The van der Waals surface area contributed by atoms with Crippen LogP contribution in [0.15, 0.2) is 48.5 Å². The number of hydrogen-bond acceptors (Lipinski definition) is 3. The van der Waals surface area contributed by atoms with Crippen molar-refractivity contribution in [2.24, 2.45) is 0 Å². The second kappa shape index (κ2) is 9.24. The van der Waals surface area contributed by atoms with Gasteiger partial charge in [-0.3, -0.25) is 4.79 Å². The molecule has 3 rings (SSSR count). The van der Waals surface area contributed by atoms with Crippen LogP contribution in [0, 0.1) is 0 Å². The lowest BCUT2D eigenvalue weighted by molar-refractivity contribution is -0.121. The zero-order chi connectivity index (χ0) is 20.1. The average molecular weight is 442 g/mol. The van der Waals surface area contributed by atoms with Gasteiger partial charge in [-0.15, -0.1) is 0 Å². The zero-order valence-electron chi connectivity index (χ0n) is 15.1. The number of nitrogens with one attached hydrogen (secondary N) is 1. The Morgan fingerprint density at radius 3 is 2.39 bits per heavy atom. The van der Waals surface area contributed by atoms with Gasteiger partial charge in [-0.2, -0.15) is 17.0 Å². The molecule has 0 bridgehead atoms. The van der Waals surface area contributed by atoms with Crippen LogP contribution in [-0.2, 0) is 28.1 Å². The van der Waals surface area contributed by atoms with E-state index < -0.39 is 10.2 Å². The molecule has 0 radical (unpaired) electrons. The maximum atomic E-state index is 12.9. The largest absolute Gasteiger partial charge is 0.351 e. The first-order valence-corrected chi connectivity index (χ1v) is 11.0. The van der Waals surface area contributed by atoms with E-state index in [1.54, 1.807) is 30.3 Å². The van der Waals surface area contributed by atoms with Gasteiger partial charge in [-0.25, -0.2) is 0 Å².